The number of hydrogen-bond acceptors (Lipinski definition) is 2. The third-order valence-corrected chi connectivity index (χ3v) is 1.84. The molecule has 2 heteroatoms. The molecule has 1 unspecified atom stereocenters. The van der Waals surface area contributed by atoms with Crippen molar-refractivity contribution in [3.63, 3.8) is 0 Å². The SMILES string of the molecule is C=CCC(CC)C(OC)OC. The van der Waals surface area contributed by atoms with Crippen LogP contribution >= 0.6 is 0 Å². The van der Waals surface area contributed by atoms with Crippen LogP contribution in [-0.4, -0.2) is 20.5 Å². The molecule has 2 nitrogen and oxygen atoms in total. The van der Waals surface area contributed by atoms with Crippen molar-refractivity contribution in [2.24, 2.45) is 5.92 Å². The summed E-state index contributed by atoms with van der Waals surface area (Å²) >= 11 is 0. The van der Waals surface area contributed by atoms with E-state index in [1.807, 2.05) is 6.08 Å². The Balaban J connectivity index is 3.85. The van der Waals surface area contributed by atoms with E-state index in [9.17, 15) is 0 Å². The summed E-state index contributed by atoms with van der Waals surface area (Å²) in [7, 11) is 3.33. The van der Waals surface area contributed by atoms with Crippen molar-refractivity contribution in [3.8, 4) is 0 Å². The van der Waals surface area contributed by atoms with Crippen molar-refractivity contribution >= 4 is 0 Å². The predicted molar refractivity (Wildman–Crippen MR) is 46.4 cm³/mol. The van der Waals surface area contributed by atoms with Crippen molar-refractivity contribution in [1.82, 2.24) is 0 Å². The van der Waals surface area contributed by atoms with Crippen LogP contribution in [0.15, 0.2) is 12.7 Å². The highest BCUT2D eigenvalue weighted by molar-refractivity contribution is 4.74. The van der Waals surface area contributed by atoms with Gasteiger partial charge in [0.1, 0.15) is 0 Å². The van der Waals surface area contributed by atoms with Gasteiger partial charge in [-0.25, -0.2) is 0 Å². The molecular weight excluding hydrogens is 140 g/mol. The van der Waals surface area contributed by atoms with E-state index in [0.717, 1.165) is 12.8 Å². The minimum absolute atomic E-state index is 0.0852. The summed E-state index contributed by atoms with van der Waals surface area (Å²) in [6, 6.07) is 0. The van der Waals surface area contributed by atoms with Gasteiger partial charge in [-0.2, -0.15) is 0 Å². The van der Waals surface area contributed by atoms with Crippen molar-refractivity contribution in [2.75, 3.05) is 14.2 Å². The third-order valence-electron chi connectivity index (χ3n) is 1.84. The summed E-state index contributed by atoms with van der Waals surface area (Å²) in [5, 5.41) is 0. The highest BCUT2D eigenvalue weighted by atomic mass is 16.7. The lowest BCUT2D eigenvalue weighted by atomic mass is 10.0. The van der Waals surface area contributed by atoms with E-state index in [4.69, 9.17) is 9.47 Å². The highest BCUT2D eigenvalue weighted by Gasteiger charge is 2.16. The quantitative estimate of drug-likeness (QED) is 0.436. The van der Waals surface area contributed by atoms with Crippen LogP contribution in [0.25, 0.3) is 0 Å². The van der Waals surface area contributed by atoms with Gasteiger partial charge in [0.25, 0.3) is 0 Å². The molecule has 66 valence electrons. The van der Waals surface area contributed by atoms with Gasteiger partial charge in [0, 0.05) is 20.1 Å². The number of ether oxygens (including phenoxy) is 2. The van der Waals surface area contributed by atoms with E-state index >= 15 is 0 Å². The Bertz CT molecular complexity index is 97.7. The van der Waals surface area contributed by atoms with Gasteiger partial charge in [0.2, 0.25) is 0 Å². The molecular formula is C9H18O2. The lowest BCUT2D eigenvalue weighted by Gasteiger charge is -2.21. The molecule has 0 aliphatic rings. The van der Waals surface area contributed by atoms with Gasteiger partial charge < -0.3 is 9.47 Å². The minimum Gasteiger partial charge on any atom is -0.356 e. The Hall–Kier alpha value is -0.340. The molecule has 0 heterocycles. The van der Waals surface area contributed by atoms with Crippen LogP contribution in [0.1, 0.15) is 19.8 Å². The number of allylic oxidation sites excluding steroid dienone is 1. The smallest absolute Gasteiger partial charge is 0.159 e. The average Bonchev–Trinajstić information content (AvgIpc) is 2.05. The van der Waals surface area contributed by atoms with Crippen LogP contribution in [0, 0.1) is 5.92 Å². The third kappa shape index (κ3) is 3.54. The Morgan fingerprint density at radius 3 is 2.18 bits per heavy atom. The zero-order valence-electron chi connectivity index (χ0n) is 7.67. The molecule has 0 aliphatic carbocycles. The first-order chi connectivity index (χ1) is 5.29. The fourth-order valence-corrected chi connectivity index (χ4v) is 1.17. The van der Waals surface area contributed by atoms with Gasteiger partial charge in [-0.15, -0.1) is 6.58 Å². The zero-order valence-corrected chi connectivity index (χ0v) is 7.67. The second-order valence-corrected chi connectivity index (χ2v) is 2.53. The second kappa shape index (κ2) is 6.38. The van der Waals surface area contributed by atoms with Crippen molar-refractivity contribution in [1.29, 1.82) is 0 Å². The lowest BCUT2D eigenvalue weighted by molar-refractivity contribution is -0.137. The first-order valence-corrected chi connectivity index (χ1v) is 3.96. The molecule has 0 aromatic heterocycles. The van der Waals surface area contributed by atoms with Gasteiger partial charge >= 0.3 is 0 Å². The largest absolute Gasteiger partial charge is 0.356 e. The van der Waals surface area contributed by atoms with E-state index in [-0.39, 0.29) is 6.29 Å². The van der Waals surface area contributed by atoms with Crippen LogP contribution in [0.3, 0.4) is 0 Å². The molecule has 0 N–H and O–H groups in total. The molecule has 0 bridgehead atoms. The Morgan fingerprint density at radius 1 is 1.36 bits per heavy atom. The molecule has 0 spiro atoms. The maximum atomic E-state index is 5.14. The van der Waals surface area contributed by atoms with E-state index < -0.39 is 0 Å². The van der Waals surface area contributed by atoms with E-state index in [0.29, 0.717) is 5.92 Å². The van der Waals surface area contributed by atoms with Crippen LogP contribution in [0.4, 0.5) is 0 Å². The molecule has 0 saturated carbocycles. The minimum atomic E-state index is -0.0852. The van der Waals surface area contributed by atoms with Crippen LogP contribution < -0.4 is 0 Å². The molecule has 0 saturated heterocycles. The summed E-state index contributed by atoms with van der Waals surface area (Å²) in [5.41, 5.74) is 0. The molecule has 0 radical (unpaired) electrons. The maximum absolute atomic E-state index is 5.14. The van der Waals surface area contributed by atoms with Crippen LogP contribution in [0.5, 0.6) is 0 Å². The van der Waals surface area contributed by atoms with Crippen LogP contribution in [0.2, 0.25) is 0 Å². The summed E-state index contributed by atoms with van der Waals surface area (Å²) in [6.45, 7) is 5.81. The number of methoxy groups -OCH3 is 2. The zero-order chi connectivity index (χ0) is 8.69. The van der Waals surface area contributed by atoms with Crippen LogP contribution in [-0.2, 0) is 9.47 Å². The van der Waals surface area contributed by atoms with Crippen molar-refractivity contribution in [2.45, 2.75) is 26.1 Å². The molecule has 0 aromatic carbocycles. The average molecular weight is 158 g/mol. The van der Waals surface area contributed by atoms with Gasteiger partial charge in [-0.1, -0.05) is 13.0 Å². The maximum Gasteiger partial charge on any atom is 0.159 e. The molecule has 0 fully saturated rings. The molecule has 0 aliphatic heterocycles. The monoisotopic (exact) mass is 158 g/mol. The first kappa shape index (κ1) is 10.7. The second-order valence-electron chi connectivity index (χ2n) is 2.53. The molecule has 1 atom stereocenters. The topological polar surface area (TPSA) is 18.5 Å². The van der Waals surface area contributed by atoms with Crippen molar-refractivity contribution < 1.29 is 9.47 Å². The number of rotatable bonds is 6. The Kier molecular flexibility index (Phi) is 6.18. The first-order valence-electron chi connectivity index (χ1n) is 3.96. The van der Waals surface area contributed by atoms with E-state index in [2.05, 4.69) is 13.5 Å². The summed E-state index contributed by atoms with van der Waals surface area (Å²) in [5.74, 6) is 0.433. The van der Waals surface area contributed by atoms with E-state index in [1.165, 1.54) is 0 Å². The number of hydrogen-bond donors (Lipinski definition) is 0. The molecule has 0 amide bonds. The van der Waals surface area contributed by atoms with Gasteiger partial charge in [0.05, 0.1) is 0 Å². The van der Waals surface area contributed by atoms with Gasteiger partial charge in [-0.3, -0.25) is 0 Å². The fraction of sp³-hybridized carbons (Fsp3) is 0.778. The highest BCUT2D eigenvalue weighted by Crippen LogP contribution is 2.16. The van der Waals surface area contributed by atoms with Crippen molar-refractivity contribution in [3.05, 3.63) is 12.7 Å². The summed E-state index contributed by atoms with van der Waals surface area (Å²) in [4.78, 5) is 0. The molecule has 0 rings (SSSR count). The van der Waals surface area contributed by atoms with E-state index in [1.54, 1.807) is 14.2 Å². The summed E-state index contributed by atoms with van der Waals surface area (Å²) < 4.78 is 10.3. The fourth-order valence-electron chi connectivity index (χ4n) is 1.17. The molecule has 11 heavy (non-hydrogen) atoms. The molecule has 0 aromatic rings. The Morgan fingerprint density at radius 2 is 1.91 bits per heavy atom. The summed E-state index contributed by atoms with van der Waals surface area (Å²) in [6.07, 6.45) is 3.82. The Labute approximate surface area is 69.2 Å². The lowest BCUT2D eigenvalue weighted by Crippen LogP contribution is -2.23. The van der Waals surface area contributed by atoms with Gasteiger partial charge in [-0.05, 0) is 12.8 Å². The normalized spacial score (nSPS) is 13.5. The standard InChI is InChI=1S/C9H18O2/c1-5-7-8(6-2)9(10-3)11-4/h5,8-9H,1,6-7H2,2-4H3. The van der Waals surface area contributed by atoms with Gasteiger partial charge in [0.15, 0.2) is 6.29 Å². The predicted octanol–water partition coefficient (Wildman–Crippen LogP) is 2.21.